The van der Waals surface area contributed by atoms with E-state index in [1.54, 1.807) is 18.2 Å². The van der Waals surface area contributed by atoms with Crippen LogP contribution in [0.2, 0.25) is 0 Å². The fraction of sp³-hybridized carbons (Fsp3) is 0.0909. The molecule has 0 saturated heterocycles. The van der Waals surface area contributed by atoms with Gasteiger partial charge in [-0.1, -0.05) is 18.2 Å². The van der Waals surface area contributed by atoms with Gasteiger partial charge >= 0.3 is 0 Å². The van der Waals surface area contributed by atoms with Crippen LogP contribution < -0.4 is 17.2 Å². The average molecular weight is 233 g/mol. The van der Waals surface area contributed by atoms with Crippen LogP contribution in [0.1, 0.15) is 11.1 Å². The smallest absolute Gasteiger partial charge is 0.223 e. The van der Waals surface area contributed by atoms with Crippen LogP contribution in [0.4, 0.5) is 22.0 Å². The van der Waals surface area contributed by atoms with Crippen molar-refractivity contribution in [3.05, 3.63) is 41.2 Å². The molecule has 0 unspecified atom stereocenters. The molecule has 0 saturated carbocycles. The van der Waals surface area contributed by atoms with Crippen molar-refractivity contribution in [3.8, 4) is 0 Å². The number of rotatable bonds is 2. The van der Waals surface area contributed by atoms with E-state index >= 15 is 0 Å². The third-order valence-electron chi connectivity index (χ3n) is 2.41. The molecule has 17 heavy (non-hydrogen) atoms. The summed E-state index contributed by atoms with van der Waals surface area (Å²) in [5, 5.41) is 0. The van der Waals surface area contributed by atoms with Gasteiger partial charge in [-0.2, -0.15) is 9.97 Å². The van der Waals surface area contributed by atoms with Gasteiger partial charge in [0.05, 0.1) is 0 Å². The summed E-state index contributed by atoms with van der Waals surface area (Å²) >= 11 is 0. The molecule has 0 atom stereocenters. The quantitative estimate of drug-likeness (QED) is 0.716. The molecule has 2 aromatic rings. The summed E-state index contributed by atoms with van der Waals surface area (Å²) in [6.45, 7) is 0. The van der Waals surface area contributed by atoms with E-state index in [4.69, 9.17) is 17.2 Å². The van der Waals surface area contributed by atoms with Gasteiger partial charge in [-0.25, -0.2) is 4.39 Å². The minimum absolute atomic E-state index is 0.0114. The molecule has 0 radical (unpaired) electrons. The highest BCUT2D eigenvalue weighted by molar-refractivity contribution is 5.57. The van der Waals surface area contributed by atoms with E-state index in [0.29, 0.717) is 11.1 Å². The molecule has 6 heteroatoms. The molecule has 0 aliphatic rings. The Hall–Kier alpha value is -2.37. The van der Waals surface area contributed by atoms with E-state index < -0.39 is 0 Å². The molecule has 0 bridgehead atoms. The number of halogens is 1. The minimum atomic E-state index is -0.317. The highest BCUT2D eigenvalue weighted by Gasteiger charge is 2.11. The molecule has 0 aliphatic heterocycles. The van der Waals surface area contributed by atoms with Crippen LogP contribution in [-0.2, 0) is 6.42 Å². The summed E-state index contributed by atoms with van der Waals surface area (Å²) in [5.74, 6) is 0.0527. The Bertz CT molecular complexity index is 532. The van der Waals surface area contributed by atoms with E-state index in [0.717, 1.165) is 0 Å². The molecule has 1 aromatic carbocycles. The number of nitrogens with zero attached hydrogens (tertiary/aromatic N) is 2. The molecule has 0 spiro atoms. The van der Waals surface area contributed by atoms with E-state index in [2.05, 4.69) is 9.97 Å². The van der Waals surface area contributed by atoms with Gasteiger partial charge in [0.2, 0.25) is 5.95 Å². The standard InChI is InChI=1S/C11H12FN5/c12-8-4-2-1-3-6(8)5-7-9(13)16-11(15)17-10(7)14/h1-4H,5H2,(H6,13,14,15,16,17). The number of nitrogens with two attached hydrogens (primary N) is 3. The molecule has 1 heterocycles. The summed E-state index contributed by atoms with van der Waals surface area (Å²) < 4.78 is 13.5. The normalized spacial score (nSPS) is 10.4. The van der Waals surface area contributed by atoms with Crippen molar-refractivity contribution in [2.75, 3.05) is 17.2 Å². The van der Waals surface area contributed by atoms with E-state index in [-0.39, 0.29) is 29.8 Å². The molecule has 5 nitrogen and oxygen atoms in total. The fourth-order valence-corrected chi connectivity index (χ4v) is 1.55. The van der Waals surface area contributed by atoms with E-state index in [1.807, 2.05) is 0 Å². The van der Waals surface area contributed by atoms with Gasteiger partial charge in [-0.05, 0) is 11.6 Å². The summed E-state index contributed by atoms with van der Waals surface area (Å²) in [6.07, 6.45) is 0.241. The number of anilines is 3. The predicted octanol–water partition coefficient (Wildman–Crippen LogP) is 0.953. The van der Waals surface area contributed by atoms with Crippen molar-refractivity contribution in [2.24, 2.45) is 0 Å². The van der Waals surface area contributed by atoms with Gasteiger partial charge < -0.3 is 17.2 Å². The van der Waals surface area contributed by atoms with Gasteiger partial charge in [0, 0.05) is 12.0 Å². The largest absolute Gasteiger partial charge is 0.383 e. The molecule has 0 fully saturated rings. The van der Waals surface area contributed by atoms with Gasteiger partial charge in [-0.3, -0.25) is 0 Å². The Morgan fingerprint density at radius 3 is 2.18 bits per heavy atom. The lowest BCUT2D eigenvalue weighted by Crippen LogP contribution is -2.09. The van der Waals surface area contributed by atoms with Crippen LogP contribution in [0.3, 0.4) is 0 Å². The first-order valence-corrected chi connectivity index (χ1v) is 4.98. The lowest BCUT2D eigenvalue weighted by Gasteiger charge is -2.09. The van der Waals surface area contributed by atoms with Crippen LogP contribution in [0.15, 0.2) is 24.3 Å². The SMILES string of the molecule is Nc1nc(N)c(Cc2ccccc2F)c(N)n1. The Morgan fingerprint density at radius 2 is 1.59 bits per heavy atom. The second kappa shape index (κ2) is 4.25. The van der Waals surface area contributed by atoms with Crippen molar-refractivity contribution in [1.82, 2.24) is 9.97 Å². The molecule has 0 amide bonds. The highest BCUT2D eigenvalue weighted by Crippen LogP contribution is 2.21. The zero-order valence-corrected chi connectivity index (χ0v) is 9.02. The first kappa shape index (κ1) is 11.1. The lowest BCUT2D eigenvalue weighted by molar-refractivity contribution is 0.614. The molecular formula is C11H12FN5. The molecule has 1 aromatic heterocycles. The molecule has 0 aliphatic carbocycles. The number of hydrogen-bond acceptors (Lipinski definition) is 5. The van der Waals surface area contributed by atoms with Gasteiger partial charge in [0.15, 0.2) is 0 Å². The van der Waals surface area contributed by atoms with Crippen LogP contribution in [0, 0.1) is 5.82 Å². The first-order valence-electron chi connectivity index (χ1n) is 4.98. The second-order valence-electron chi connectivity index (χ2n) is 3.60. The Morgan fingerprint density at radius 1 is 1.00 bits per heavy atom. The number of benzene rings is 1. The number of hydrogen-bond donors (Lipinski definition) is 3. The topological polar surface area (TPSA) is 104 Å². The van der Waals surface area contributed by atoms with Crippen LogP contribution in [-0.4, -0.2) is 9.97 Å². The predicted molar refractivity (Wildman–Crippen MR) is 64.5 cm³/mol. The summed E-state index contributed by atoms with van der Waals surface area (Å²) in [7, 11) is 0. The van der Waals surface area contributed by atoms with Crippen molar-refractivity contribution in [3.63, 3.8) is 0 Å². The first-order chi connectivity index (χ1) is 8.08. The summed E-state index contributed by atoms with van der Waals surface area (Å²) in [6, 6.07) is 6.39. The number of nitrogen functional groups attached to an aromatic ring is 3. The maximum absolute atomic E-state index is 13.5. The maximum atomic E-state index is 13.5. The van der Waals surface area contributed by atoms with Crippen LogP contribution >= 0.6 is 0 Å². The van der Waals surface area contributed by atoms with Crippen LogP contribution in [0.25, 0.3) is 0 Å². The van der Waals surface area contributed by atoms with Crippen molar-refractivity contribution in [1.29, 1.82) is 0 Å². The molecule has 2 rings (SSSR count). The molecular weight excluding hydrogens is 221 g/mol. The Kier molecular flexibility index (Phi) is 2.78. The van der Waals surface area contributed by atoms with Crippen molar-refractivity contribution < 1.29 is 4.39 Å². The van der Waals surface area contributed by atoms with Crippen LogP contribution in [0.5, 0.6) is 0 Å². The molecule has 88 valence electrons. The Balaban J connectivity index is 2.40. The second-order valence-corrected chi connectivity index (χ2v) is 3.60. The Labute approximate surface area is 97.5 Å². The number of aromatic nitrogens is 2. The lowest BCUT2D eigenvalue weighted by atomic mass is 10.1. The molecule has 6 N–H and O–H groups in total. The van der Waals surface area contributed by atoms with Gasteiger partial charge in [0.25, 0.3) is 0 Å². The summed E-state index contributed by atoms with van der Waals surface area (Å²) in [4.78, 5) is 7.60. The van der Waals surface area contributed by atoms with E-state index in [1.165, 1.54) is 6.07 Å². The van der Waals surface area contributed by atoms with Crippen molar-refractivity contribution in [2.45, 2.75) is 6.42 Å². The minimum Gasteiger partial charge on any atom is -0.383 e. The fourth-order valence-electron chi connectivity index (χ4n) is 1.55. The average Bonchev–Trinajstić information content (AvgIpc) is 2.25. The van der Waals surface area contributed by atoms with E-state index in [9.17, 15) is 4.39 Å². The highest BCUT2D eigenvalue weighted by atomic mass is 19.1. The summed E-state index contributed by atoms with van der Waals surface area (Å²) in [5.41, 5.74) is 17.7. The van der Waals surface area contributed by atoms with Gasteiger partial charge in [-0.15, -0.1) is 0 Å². The maximum Gasteiger partial charge on any atom is 0.223 e. The third kappa shape index (κ3) is 2.25. The van der Waals surface area contributed by atoms with Crippen molar-refractivity contribution >= 4 is 17.6 Å². The zero-order chi connectivity index (χ0) is 12.4. The monoisotopic (exact) mass is 233 g/mol. The third-order valence-corrected chi connectivity index (χ3v) is 2.41. The van der Waals surface area contributed by atoms with Gasteiger partial charge in [0.1, 0.15) is 17.5 Å². The zero-order valence-electron chi connectivity index (χ0n) is 9.02.